The molecule has 1 fully saturated rings. The summed E-state index contributed by atoms with van der Waals surface area (Å²) < 4.78 is 4.79. The third-order valence-corrected chi connectivity index (χ3v) is 3.44. The summed E-state index contributed by atoms with van der Waals surface area (Å²) in [6.45, 7) is 7.08. The molecule has 4 nitrogen and oxygen atoms in total. The van der Waals surface area contributed by atoms with E-state index in [1.807, 2.05) is 0 Å². The van der Waals surface area contributed by atoms with Crippen LogP contribution in [0.15, 0.2) is 12.2 Å². The highest BCUT2D eigenvalue weighted by molar-refractivity contribution is 5.93. The second kappa shape index (κ2) is 7.97. The van der Waals surface area contributed by atoms with Crippen LogP contribution >= 0.6 is 0 Å². The van der Waals surface area contributed by atoms with E-state index < -0.39 is 6.09 Å². The lowest BCUT2D eigenvalue weighted by Gasteiger charge is -2.19. The monoisotopic (exact) mass is 267 g/mol. The van der Waals surface area contributed by atoms with Crippen molar-refractivity contribution < 1.29 is 14.3 Å². The van der Waals surface area contributed by atoms with E-state index in [0.29, 0.717) is 25.5 Å². The van der Waals surface area contributed by atoms with Crippen LogP contribution in [0, 0.1) is 11.8 Å². The van der Waals surface area contributed by atoms with Crippen LogP contribution in [0.5, 0.6) is 0 Å². The van der Waals surface area contributed by atoms with Crippen LogP contribution in [0.4, 0.5) is 4.79 Å². The number of imide groups is 1. The number of cyclic esters (lactones) is 1. The first-order valence-electron chi connectivity index (χ1n) is 7.20. The van der Waals surface area contributed by atoms with Crippen LogP contribution in [0.3, 0.4) is 0 Å². The smallest absolute Gasteiger partial charge is 0.416 e. The van der Waals surface area contributed by atoms with Gasteiger partial charge < -0.3 is 4.74 Å². The number of carbonyl (C=O) groups excluding carboxylic acids is 2. The van der Waals surface area contributed by atoms with Crippen molar-refractivity contribution >= 4 is 12.0 Å². The Labute approximate surface area is 115 Å². The fourth-order valence-corrected chi connectivity index (χ4v) is 2.05. The van der Waals surface area contributed by atoms with Crippen LogP contribution < -0.4 is 0 Å². The lowest BCUT2D eigenvalue weighted by molar-refractivity contribution is -0.128. The summed E-state index contributed by atoms with van der Waals surface area (Å²) in [7, 11) is 0. The predicted octanol–water partition coefficient (Wildman–Crippen LogP) is 3.37. The second-order valence-corrected chi connectivity index (χ2v) is 5.34. The maximum atomic E-state index is 12.1. The maximum absolute atomic E-state index is 12.1. The maximum Gasteiger partial charge on any atom is 0.416 e. The third-order valence-electron chi connectivity index (χ3n) is 3.44. The minimum absolute atomic E-state index is 0.124. The van der Waals surface area contributed by atoms with Crippen molar-refractivity contribution in [3.63, 3.8) is 0 Å². The van der Waals surface area contributed by atoms with Gasteiger partial charge in [0.1, 0.15) is 6.61 Å². The summed E-state index contributed by atoms with van der Waals surface area (Å²) in [5.41, 5.74) is 0. The number of amides is 2. The highest BCUT2D eigenvalue weighted by Crippen LogP contribution is 2.20. The van der Waals surface area contributed by atoms with Gasteiger partial charge in [-0.15, -0.1) is 0 Å². The summed E-state index contributed by atoms with van der Waals surface area (Å²) in [6, 6.07) is 0. The Morgan fingerprint density at radius 3 is 2.74 bits per heavy atom. The average Bonchev–Trinajstić information content (AvgIpc) is 2.79. The number of rotatable bonds is 7. The number of unbranched alkanes of at least 4 members (excludes halogenated alkanes) is 2. The van der Waals surface area contributed by atoms with Gasteiger partial charge >= 0.3 is 6.09 Å². The number of nitrogens with zero attached hydrogens (tertiary/aromatic N) is 1. The Balaban J connectivity index is 2.50. The summed E-state index contributed by atoms with van der Waals surface area (Å²) in [5, 5.41) is 0. The highest BCUT2D eigenvalue weighted by atomic mass is 16.6. The lowest BCUT2D eigenvalue weighted by atomic mass is 9.91. The third kappa shape index (κ3) is 5.05. The molecule has 0 aromatic carbocycles. The fraction of sp³-hybridized carbons (Fsp3) is 0.733. The average molecular weight is 267 g/mol. The molecule has 0 aromatic rings. The van der Waals surface area contributed by atoms with Crippen LogP contribution in [-0.4, -0.2) is 30.1 Å². The van der Waals surface area contributed by atoms with Crippen molar-refractivity contribution in [1.82, 2.24) is 4.90 Å². The molecule has 2 amide bonds. The van der Waals surface area contributed by atoms with Gasteiger partial charge in [0.2, 0.25) is 5.91 Å². The van der Waals surface area contributed by atoms with Crippen molar-refractivity contribution in [3.05, 3.63) is 12.2 Å². The molecule has 4 heteroatoms. The Kier molecular flexibility index (Phi) is 6.60. The van der Waals surface area contributed by atoms with Gasteiger partial charge in [0, 0.05) is 6.42 Å². The zero-order valence-electron chi connectivity index (χ0n) is 12.2. The molecule has 1 saturated heterocycles. The minimum atomic E-state index is -0.498. The summed E-state index contributed by atoms with van der Waals surface area (Å²) in [5.74, 6) is 0.458. The standard InChI is InChI=1S/C15H25NO3/c1-4-5-6-7-8-13(12(2)3)11-14(17)16-9-10-19-15(16)18/h7-8,12-13H,4-6,9-11H2,1-3H3/b8-7+. The van der Waals surface area contributed by atoms with Gasteiger partial charge in [-0.3, -0.25) is 4.79 Å². The zero-order chi connectivity index (χ0) is 14.3. The summed E-state index contributed by atoms with van der Waals surface area (Å²) in [4.78, 5) is 24.6. The topological polar surface area (TPSA) is 46.6 Å². The van der Waals surface area contributed by atoms with Crippen LogP contribution in [0.1, 0.15) is 46.5 Å². The molecule has 108 valence electrons. The number of allylic oxidation sites excluding steroid dienone is 2. The van der Waals surface area contributed by atoms with Crippen LogP contribution in [0.2, 0.25) is 0 Å². The molecule has 0 radical (unpaired) electrons. The second-order valence-electron chi connectivity index (χ2n) is 5.34. The quantitative estimate of drug-likeness (QED) is 0.525. The highest BCUT2D eigenvalue weighted by Gasteiger charge is 2.29. The van der Waals surface area contributed by atoms with Crippen molar-refractivity contribution in [2.45, 2.75) is 46.5 Å². The van der Waals surface area contributed by atoms with Crippen molar-refractivity contribution in [1.29, 1.82) is 0 Å². The predicted molar refractivity (Wildman–Crippen MR) is 74.7 cm³/mol. The van der Waals surface area contributed by atoms with E-state index >= 15 is 0 Å². The Hall–Kier alpha value is -1.32. The molecular weight excluding hydrogens is 242 g/mol. The molecule has 1 rings (SSSR count). The van der Waals surface area contributed by atoms with E-state index in [9.17, 15) is 9.59 Å². The zero-order valence-corrected chi connectivity index (χ0v) is 12.2. The van der Waals surface area contributed by atoms with Gasteiger partial charge in [0.25, 0.3) is 0 Å². The first-order valence-corrected chi connectivity index (χ1v) is 7.20. The van der Waals surface area contributed by atoms with Gasteiger partial charge in [0.05, 0.1) is 6.54 Å². The van der Waals surface area contributed by atoms with Crippen LogP contribution in [-0.2, 0) is 9.53 Å². The van der Waals surface area contributed by atoms with Gasteiger partial charge in [-0.2, -0.15) is 0 Å². The molecule has 19 heavy (non-hydrogen) atoms. The van der Waals surface area contributed by atoms with E-state index in [0.717, 1.165) is 6.42 Å². The van der Waals surface area contributed by atoms with Gasteiger partial charge in [-0.05, 0) is 18.3 Å². The van der Waals surface area contributed by atoms with Crippen molar-refractivity contribution in [2.75, 3.05) is 13.2 Å². The Bertz CT molecular complexity index is 336. The number of carbonyl (C=O) groups is 2. The molecule has 0 aliphatic carbocycles. The lowest BCUT2D eigenvalue weighted by Crippen LogP contribution is -2.33. The molecule has 0 saturated carbocycles. The number of hydrogen-bond acceptors (Lipinski definition) is 3. The first-order chi connectivity index (χ1) is 9.06. The molecule has 1 aliphatic heterocycles. The summed E-state index contributed by atoms with van der Waals surface area (Å²) in [6.07, 6.45) is 7.57. The van der Waals surface area contributed by atoms with E-state index in [1.54, 1.807) is 0 Å². The van der Waals surface area contributed by atoms with Crippen LogP contribution in [0.25, 0.3) is 0 Å². The molecule has 0 bridgehead atoms. The molecule has 1 unspecified atom stereocenters. The molecule has 0 N–H and O–H groups in total. The molecule has 0 spiro atoms. The van der Waals surface area contributed by atoms with Crippen molar-refractivity contribution in [2.24, 2.45) is 11.8 Å². The minimum Gasteiger partial charge on any atom is -0.447 e. The SMILES string of the molecule is CCCC/C=C/C(CC(=O)N1CCOC1=O)C(C)C. The van der Waals surface area contributed by atoms with E-state index in [1.165, 1.54) is 17.7 Å². The van der Waals surface area contributed by atoms with Crippen molar-refractivity contribution in [3.8, 4) is 0 Å². The van der Waals surface area contributed by atoms with E-state index in [2.05, 4.69) is 32.9 Å². The van der Waals surface area contributed by atoms with E-state index in [-0.39, 0.29) is 11.8 Å². The van der Waals surface area contributed by atoms with E-state index in [4.69, 9.17) is 4.74 Å². The van der Waals surface area contributed by atoms with Gasteiger partial charge in [-0.1, -0.05) is 45.8 Å². The molecule has 1 heterocycles. The molecule has 0 aromatic heterocycles. The van der Waals surface area contributed by atoms with Gasteiger partial charge in [0.15, 0.2) is 0 Å². The van der Waals surface area contributed by atoms with Gasteiger partial charge in [-0.25, -0.2) is 9.69 Å². The number of ether oxygens (including phenoxy) is 1. The normalized spacial score (nSPS) is 17.3. The Morgan fingerprint density at radius 1 is 1.47 bits per heavy atom. The summed E-state index contributed by atoms with van der Waals surface area (Å²) >= 11 is 0. The Morgan fingerprint density at radius 2 is 2.21 bits per heavy atom. The molecule has 1 aliphatic rings. The largest absolute Gasteiger partial charge is 0.447 e. The fourth-order valence-electron chi connectivity index (χ4n) is 2.05. The number of hydrogen-bond donors (Lipinski definition) is 0. The molecular formula is C15H25NO3. The molecule has 1 atom stereocenters. The first kappa shape index (κ1) is 15.7.